The maximum absolute atomic E-state index is 5.69. The van der Waals surface area contributed by atoms with Gasteiger partial charge in [0.15, 0.2) is 5.96 Å². The van der Waals surface area contributed by atoms with Crippen LogP contribution >= 0.6 is 0 Å². The zero-order valence-electron chi connectivity index (χ0n) is 15.0. The summed E-state index contributed by atoms with van der Waals surface area (Å²) in [6.45, 7) is 6.89. The van der Waals surface area contributed by atoms with Gasteiger partial charge >= 0.3 is 0 Å². The van der Waals surface area contributed by atoms with Crippen molar-refractivity contribution in [3.63, 3.8) is 0 Å². The molecule has 2 aromatic rings. The first-order chi connectivity index (χ1) is 12.3. The van der Waals surface area contributed by atoms with Crippen molar-refractivity contribution < 1.29 is 4.74 Å². The number of aliphatic imine (C=N–C) groups is 1. The molecule has 0 bridgehead atoms. The van der Waals surface area contributed by atoms with E-state index in [-0.39, 0.29) is 0 Å². The van der Waals surface area contributed by atoms with E-state index in [1.54, 1.807) is 6.20 Å². The number of aromatic nitrogens is 2. The maximum Gasteiger partial charge on any atom is 0.218 e. The lowest BCUT2D eigenvalue weighted by atomic mass is 10.2. The van der Waals surface area contributed by atoms with Crippen molar-refractivity contribution in [2.24, 2.45) is 4.99 Å². The molecule has 0 radical (unpaired) electrons. The standard InChI is InChI=1S/C19H27N5O/c1-3-14-25-18-16(8-7-12-22-18)15-24-19(20-4-2)23-13-10-17-9-5-6-11-21-17/h5-9,11-12H,3-4,10,13-15H2,1-2H3,(H2,20,23,24). The summed E-state index contributed by atoms with van der Waals surface area (Å²) < 4.78 is 5.69. The number of nitrogens with zero attached hydrogens (tertiary/aromatic N) is 3. The van der Waals surface area contributed by atoms with Crippen molar-refractivity contribution in [1.29, 1.82) is 0 Å². The highest BCUT2D eigenvalue weighted by atomic mass is 16.5. The first-order valence-electron chi connectivity index (χ1n) is 8.82. The normalized spacial score (nSPS) is 11.2. The van der Waals surface area contributed by atoms with Crippen molar-refractivity contribution in [3.8, 4) is 5.88 Å². The molecule has 2 aromatic heterocycles. The predicted octanol–water partition coefficient (Wildman–Crippen LogP) is 2.56. The third-order valence-electron chi connectivity index (χ3n) is 3.44. The molecule has 2 N–H and O–H groups in total. The van der Waals surface area contributed by atoms with E-state index in [1.807, 2.05) is 36.5 Å². The Morgan fingerprint density at radius 2 is 1.96 bits per heavy atom. The molecule has 0 saturated carbocycles. The molecule has 25 heavy (non-hydrogen) atoms. The van der Waals surface area contributed by atoms with Gasteiger partial charge in [0.2, 0.25) is 5.88 Å². The fourth-order valence-electron chi connectivity index (χ4n) is 2.23. The van der Waals surface area contributed by atoms with Gasteiger partial charge in [0.25, 0.3) is 0 Å². The largest absolute Gasteiger partial charge is 0.477 e. The Labute approximate surface area is 149 Å². The van der Waals surface area contributed by atoms with E-state index in [2.05, 4.69) is 39.4 Å². The summed E-state index contributed by atoms with van der Waals surface area (Å²) in [7, 11) is 0. The van der Waals surface area contributed by atoms with Crippen molar-refractivity contribution in [2.45, 2.75) is 33.2 Å². The van der Waals surface area contributed by atoms with Crippen molar-refractivity contribution in [3.05, 3.63) is 54.0 Å². The fraction of sp³-hybridized carbons (Fsp3) is 0.421. The monoisotopic (exact) mass is 341 g/mol. The lowest BCUT2D eigenvalue weighted by Gasteiger charge is -2.12. The SMILES string of the molecule is CCCOc1ncccc1CN=C(NCC)NCCc1ccccn1. The Hall–Kier alpha value is -2.63. The minimum atomic E-state index is 0.520. The second-order valence-corrected chi connectivity index (χ2v) is 5.51. The van der Waals surface area contributed by atoms with Crippen LogP contribution in [0.2, 0.25) is 0 Å². The zero-order valence-corrected chi connectivity index (χ0v) is 15.0. The van der Waals surface area contributed by atoms with Gasteiger partial charge in [-0.05, 0) is 31.5 Å². The van der Waals surface area contributed by atoms with Gasteiger partial charge in [-0.2, -0.15) is 0 Å². The van der Waals surface area contributed by atoms with Crippen LogP contribution in [0.1, 0.15) is 31.5 Å². The first-order valence-corrected chi connectivity index (χ1v) is 8.82. The number of hydrogen-bond donors (Lipinski definition) is 2. The van der Waals surface area contributed by atoms with Crippen molar-refractivity contribution in [1.82, 2.24) is 20.6 Å². The van der Waals surface area contributed by atoms with E-state index in [0.29, 0.717) is 19.0 Å². The van der Waals surface area contributed by atoms with Gasteiger partial charge in [0.1, 0.15) is 0 Å². The van der Waals surface area contributed by atoms with Gasteiger partial charge in [-0.25, -0.2) is 9.98 Å². The summed E-state index contributed by atoms with van der Waals surface area (Å²) in [5.74, 6) is 1.45. The molecular weight excluding hydrogens is 314 g/mol. The summed E-state index contributed by atoms with van der Waals surface area (Å²) in [5, 5.41) is 6.60. The molecule has 0 atom stereocenters. The van der Waals surface area contributed by atoms with E-state index in [0.717, 1.165) is 43.1 Å². The third kappa shape index (κ3) is 6.79. The minimum Gasteiger partial charge on any atom is -0.477 e. The molecular formula is C19H27N5O. The van der Waals surface area contributed by atoms with Crippen LogP contribution in [0.15, 0.2) is 47.7 Å². The van der Waals surface area contributed by atoms with E-state index < -0.39 is 0 Å². The van der Waals surface area contributed by atoms with Gasteiger partial charge in [-0.3, -0.25) is 4.98 Å². The molecule has 0 aromatic carbocycles. The topological polar surface area (TPSA) is 71.4 Å². The Morgan fingerprint density at radius 1 is 1.08 bits per heavy atom. The highest BCUT2D eigenvalue weighted by Gasteiger charge is 2.05. The Bertz CT molecular complexity index is 645. The minimum absolute atomic E-state index is 0.520. The number of nitrogens with one attached hydrogen (secondary N) is 2. The fourth-order valence-corrected chi connectivity index (χ4v) is 2.23. The average Bonchev–Trinajstić information content (AvgIpc) is 2.66. The van der Waals surface area contributed by atoms with Crippen LogP contribution in [0.4, 0.5) is 0 Å². The molecule has 0 aliphatic rings. The summed E-state index contributed by atoms with van der Waals surface area (Å²) in [6, 6.07) is 9.86. The highest BCUT2D eigenvalue weighted by molar-refractivity contribution is 5.79. The number of guanidine groups is 1. The van der Waals surface area contributed by atoms with Crippen LogP contribution < -0.4 is 15.4 Å². The zero-order chi connectivity index (χ0) is 17.7. The van der Waals surface area contributed by atoms with Gasteiger partial charge < -0.3 is 15.4 Å². The van der Waals surface area contributed by atoms with Gasteiger partial charge in [0.05, 0.1) is 13.2 Å². The Balaban J connectivity index is 1.92. The number of hydrogen-bond acceptors (Lipinski definition) is 4. The number of rotatable bonds is 9. The second-order valence-electron chi connectivity index (χ2n) is 5.51. The molecule has 134 valence electrons. The summed E-state index contributed by atoms with van der Waals surface area (Å²) in [6.07, 6.45) is 5.36. The summed E-state index contributed by atoms with van der Waals surface area (Å²) in [4.78, 5) is 13.3. The Kier molecular flexibility index (Phi) is 8.24. The van der Waals surface area contributed by atoms with Crippen LogP contribution in [0.5, 0.6) is 5.88 Å². The molecule has 6 nitrogen and oxygen atoms in total. The van der Waals surface area contributed by atoms with Crippen molar-refractivity contribution >= 4 is 5.96 Å². The molecule has 2 rings (SSSR count). The lowest BCUT2D eigenvalue weighted by molar-refractivity contribution is 0.302. The highest BCUT2D eigenvalue weighted by Crippen LogP contribution is 2.15. The Morgan fingerprint density at radius 3 is 2.72 bits per heavy atom. The quantitative estimate of drug-likeness (QED) is 0.542. The molecule has 0 amide bonds. The molecule has 2 heterocycles. The molecule has 0 unspecified atom stereocenters. The van der Waals surface area contributed by atoms with Crippen LogP contribution in [0.25, 0.3) is 0 Å². The second kappa shape index (κ2) is 11.0. The van der Waals surface area contributed by atoms with Crippen LogP contribution in [0, 0.1) is 0 Å². The van der Waals surface area contributed by atoms with E-state index in [4.69, 9.17) is 4.74 Å². The third-order valence-corrected chi connectivity index (χ3v) is 3.44. The van der Waals surface area contributed by atoms with Crippen LogP contribution in [-0.4, -0.2) is 35.6 Å². The molecule has 0 spiro atoms. The number of ether oxygens (including phenoxy) is 1. The van der Waals surface area contributed by atoms with Gasteiger partial charge in [-0.1, -0.05) is 19.1 Å². The van der Waals surface area contributed by atoms with Gasteiger partial charge in [-0.15, -0.1) is 0 Å². The van der Waals surface area contributed by atoms with E-state index in [1.165, 1.54) is 0 Å². The maximum atomic E-state index is 5.69. The average molecular weight is 341 g/mol. The van der Waals surface area contributed by atoms with Gasteiger partial charge in [0, 0.05) is 43.2 Å². The molecule has 6 heteroatoms. The smallest absolute Gasteiger partial charge is 0.218 e. The molecule has 0 saturated heterocycles. The predicted molar refractivity (Wildman–Crippen MR) is 101 cm³/mol. The summed E-state index contributed by atoms with van der Waals surface area (Å²) >= 11 is 0. The lowest BCUT2D eigenvalue weighted by Crippen LogP contribution is -2.38. The van der Waals surface area contributed by atoms with Crippen LogP contribution in [-0.2, 0) is 13.0 Å². The van der Waals surface area contributed by atoms with Crippen LogP contribution in [0.3, 0.4) is 0 Å². The van der Waals surface area contributed by atoms with Crippen molar-refractivity contribution in [2.75, 3.05) is 19.7 Å². The first kappa shape index (κ1) is 18.7. The van der Waals surface area contributed by atoms with E-state index >= 15 is 0 Å². The molecule has 0 fully saturated rings. The summed E-state index contributed by atoms with van der Waals surface area (Å²) in [5.41, 5.74) is 2.05. The molecule has 0 aliphatic carbocycles. The van der Waals surface area contributed by atoms with E-state index in [9.17, 15) is 0 Å². The molecule has 0 aliphatic heterocycles. The number of pyridine rings is 2.